The van der Waals surface area contributed by atoms with E-state index in [1.54, 1.807) is 0 Å². The van der Waals surface area contributed by atoms with Gasteiger partial charge in [0.15, 0.2) is 5.82 Å². The highest BCUT2D eigenvalue weighted by Crippen LogP contribution is 2.44. The van der Waals surface area contributed by atoms with Gasteiger partial charge < -0.3 is 0 Å². The van der Waals surface area contributed by atoms with Crippen LogP contribution in [0.4, 0.5) is 0 Å². The van der Waals surface area contributed by atoms with Gasteiger partial charge in [0.05, 0.1) is 22.6 Å². The normalized spacial score (nSPS) is 11.5. The van der Waals surface area contributed by atoms with Crippen LogP contribution in [0.1, 0.15) is 0 Å². The molecule has 57 heavy (non-hydrogen) atoms. The highest BCUT2D eigenvalue weighted by molar-refractivity contribution is 7.26. The lowest BCUT2D eigenvalue weighted by molar-refractivity contribution is 1.18. The fraction of sp³-hybridized carbons (Fsp3) is 0. The van der Waals surface area contributed by atoms with Crippen molar-refractivity contribution in [3.05, 3.63) is 200 Å². The van der Waals surface area contributed by atoms with E-state index in [0.717, 1.165) is 61.5 Å². The molecule has 0 saturated carbocycles. The maximum absolute atomic E-state index is 5.42. The van der Waals surface area contributed by atoms with Gasteiger partial charge in [0.25, 0.3) is 0 Å². The topological polar surface area (TPSA) is 38.7 Å². The maximum Gasteiger partial charge on any atom is 0.160 e. The van der Waals surface area contributed by atoms with Crippen LogP contribution >= 0.6 is 11.3 Å². The molecule has 0 saturated heterocycles. The summed E-state index contributed by atoms with van der Waals surface area (Å²) in [6.45, 7) is 0. The summed E-state index contributed by atoms with van der Waals surface area (Å²) >= 11 is 1.86. The van der Waals surface area contributed by atoms with E-state index in [1.807, 2.05) is 35.6 Å². The van der Waals surface area contributed by atoms with E-state index >= 15 is 0 Å². The van der Waals surface area contributed by atoms with Crippen molar-refractivity contribution in [2.75, 3.05) is 0 Å². The molecule has 0 unspecified atom stereocenters. The van der Waals surface area contributed by atoms with Gasteiger partial charge in [0.2, 0.25) is 0 Å². The first kappa shape index (κ1) is 33.1. The zero-order valence-electron chi connectivity index (χ0n) is 30.8. The fourth-order valence-corrected chi connectivity index (χ4v) is 9.21. The van der Waals surface area contributed by atoms with Crippen molar-refractivity contribution in [3.63, 3.8) is 0 Å². The minimum atomic E-state index is 0.702. The zero-order valence-corrected chi connectivity index (χ0v) is 31.6. The first-order valence-corrected chi connectivity index (χ1v) is 20.0. The molecule has 3 heterocycles. The van der Waals surface area contributed by atoms with Crippen molar-refractivity contribution in [1.29, 1.82) is 0 Å². The average molecular weight is 744 g/mol. The Bertz CT molecular complexity index is 3280. The summed E-state index contributed by atoms with van der Waals surface area (Å²) in [4.78, 5) is 15.6. The highest BCUT2D eigenvalue weighted by Gasteiger charge is 2.18. The van der Waals surface area contributed by atoms with Crippen molar-refractivity contribution in [3.8, 4) is 67.4 Å². The van der Waals surface area contributed by atoms with Gasteiger partial charge in [-0.15, -0.1) is 11.3 Å². The van der Waals surface area contributed by atoms with Gasteiger partial charge in [-0.1, -0.05) is 164 Å². The van der Waals surface area contributed by atoms with Crippen LogP contribution in [0.2, 0.25) is 0 Å². The van der Waals surface area contributed by atoms with E-state index in [1.165, 1.54) is 41.9 Å². The van der Waals surface area contributed by atoms with Gasteiger partial charge in [0.1, 0.15) is 0 Å². The molecule has 0 radical (unpaired) electrons. The lowest BCUT2D eigenvalue weighted by Crippen LogP contribution is -1.96. The van der Waals surface area contributed by atoms with Crippen LogP contribution in [-0.2, 0) is 0 Å². The Morgan fingerprint density at radius 1 is 0.333 bits per heavy atom. The lowest BCUT2D eigenvalue weighted by Gasteiger charge is -2.12. The molecule has 0 atom stereocenters. The molecule has 8 aromatic carbocycles. The SMILES string of the molecule is c1ccc(-c2cccc(-c3cc(-c4ccc(-c5cccc(-c6nc7cc8ccccc8cc7c7sc8ccccc8c67)c5)cc4)nc(-c4ccccc4)n3)c2)cc1. The smallest absolute Gasteiger partial charge is 0.160 e. The number of rotatable bonds is 6. The summed E-state index contributed by atoms with van der Waals surface area (Å²) < 4.78 is 2.55. The molecule has 0 amide bonds. The van der Waals surface area contributed by atoms with E-state index < -0.39 is 0 Å². The number of aromatic nitrogens is 3. The third kappa shape index (κ3) is 6.04. The van der Waals surface area contributed by atoms with Crippen LogP contribution in [0.3, 0.4) is 0 Å². The van der Waals surface area contributed by atoms with Gasteiger partial charge in [-0.2, -0.15) is 0 Å². The maximum atomic E-state index is 5.42. The van der Waals surface area contributed by atoms with Crippen LogP contribution in [0.15, 0.2) is 200 Å². The molecule has 3 nitrogen and oxygen atoms in total. The fourth-order valence-electron chi connectivity index (χ4n) is 7.99. The monoisotopic (exact) mass is 743 g/mol. The first-order chi connectivity index (χ1) is 28.2. The van der Waals surface area contributed by atoms with Crippen LogP contribution < -0.4 is 0 Å². The molecule has 4 heteroatoms. The summed E-state index contributed by atoms with van der Waals surface area (Å²) in [6, 6.07) is 70.8. The van der Waals surface area contributed by atoms with Gasteiger partial charge >= 0.3 is 0 Å². The molecule has 0 aliphatic rings. The second-order valence-electron chi connectivity index (χ2n) is 14.4. The molecule has 0 fully saturated rings. The van der Waals surface area contributed by atoms with Crippen molar-refractivity contribution in [2.45, 2.75) is 0 Å². The van der Waals surface area contributed by atoms with E-state index in [-0.39, 0.29) is 0 Å². The largest absolute Gasteiger partial charge is 0.247 e. The predicted octanol–water partition coefficient (Wildman–Crippen LogP) is 14.5. The summed E-state index contributed by atoms with van der Waals surface area (Å²) in [5.74, 6) is 0.702. The third-order valence-corrected chi connectivity index (χ3v) is 12.1. The summed E-state index contributed by atoms with van der Waals surface area (Å²) in [5, 5.41) is 6.10. The van der Waals surface area contributed by atoms with E-state index in [9.17, 15) is 0 Å². The Kier molecular flexibility index (Phi) is 8.01. The highest BCUT2D eigenvalue weighted by atomic mass is 32.1. The molecule has 0 aliphatic heterocycles. The number of hydrogen-bond acceptors (Lipinski definition) is 4. The van der Waals surface area contributed by atoms with Crippen LogP contribution in [0.25, 0.3) is 109 Å². The lowest BCUT2D eigenvalue weighted by atomic mass is 9.97. The number of pyridine rings is 1. The molecule has 11 rings (SSSR count). The first-order valence-electron chi connectivity index (χ1n) is 19.2. The Balaban J connectivity index is 0.999. The summed E-state index contributed by atoms with van der Waals surface area (Å²) in [5.41, 5.74) is 12.6. The average Bonchev–Trinajstić information content (AvgIpc) is 3.69. The second kappa shape index (κ2) is 13.8. The van der Waals surface area contributed by atoms with Gasteiger partial charge in [-0.25, -0.2) is 15.0 Å². The molecule has 0 bridgehead atoms. The molecule has 3 aromatic heterocycles. The Morgan fingerprint density at radius 2 is 0.877 bits per heavy atom. The van der Waals surface area contributed by atoms with Crippen molar-refractivity contribution >= 4 is 53.2 Å². The number of fused-ring (bicyclic) bond motifs is 6. The zero-order chi connectivity index (χ0) is 37.7. The molecule has 0 aliphatic carbocycles. The molecule has 11 aromatic rings. The van der Waals surface area contributed by atoms with Crippen LogP contribution in [-0.4, -0.2) is 15.0 Å². The predicted molar refractivity (Wildman–Crippen MR) is 240 cm³/mol. The van der Waals surface area contributed by atoms with Crippen molar-refractivity contribution in [1.82, 2.24) is 15.0 Å². The third-order valence-electron chi connectivity index (χ3n) is 10.8. The Morgan fingerprint density at radius 3 is 1.63 bits per heavy atom. The molecular weight excluding hydrogens is 711 g/mol. The second-order valence-corrected chi connectivity index (χ2v) is 15.5. The van der Waals surface area contributed by atoms with Crippen LogP contribution in [0.5, 0.6) is 0 Å². The van der Waals surface area contributed by atoms with Gasteiger partial charge in [0, 0.05) is 47.8 Å². The van der Waals surface area contributed by atoms with E-state index in [0.29, 0.717) is 5.82 Å². The quantitative estimate of drug-likeness (QED) is 0.159. The summed E-state index contributed by atoms with van der Waals surface area (Å²) in [6.07, 6.45) is 0. The van der Waals surface area contributed by atoms with Crippen molar-refractivity contribution < 1.29 is 0 Å². The Labute approximate surface area is 334 Å². The minimum absolute atomic E-state index is 0.702. The number of benzene rings is 8. The Hall–Kier alpha value is -7.27. The standard InChI is InChI=1S/C53H33N3S/c1-3-13-34(14-4-1)38-19-11-21-42(29-38)47-33-46(55-53(56-47)37-15-5-2-6-16-37)36-27-25-35(26-28-36)39-20-12-22-43(30-39)51-50-44-23-9-10-24-49(44)57-52(50)45-31-40-17-7-8-18-41(40)32-48(45)54-51/h1-33H. The molecular formula is C53H33N3S. The molecule has 266 valence electrons. The molecule has 0 N–H and O–H groups in total. The van der Waals surface area contributed by atoms with Crippen LogP contribution in [0, 0.1) is 0 Å². The number of nitrogens with zero attached hydrogens (tertiary/aromatic N) is 3. The minimum Gasteiger partial charge on any atom is -0.247 e. The van der Waals surface area contributed by atoms with Crippen molar-refractivity contribution in [2.24, 2.45) is 0 Å². The summed E-state index contributed by atoms with van der Waals surface area (Å²) in [7, 11) is 0. The van der Waals surface area contributed by atoms with E-state index in [2.05, 4.69) is 176 Å². The number of thiophene rings is 1. The van der Waals surface area contributed by atoms with Gasteiger partial charge in [-0.05, 0) is 69.4 Å². The number of hydrogen-bond donors (Lipinski definition) is 0. The molecule has 0 spiro atoms. The van der Waals surface area contributed by atoms with E-state index in [4.69, 9.17) is 15.0 Å². The van der Waals surface area contributed by atoms with Gasteiger partial charge in [-0.3, -0.25) is 0 Å².